The number of hydrogen-bond donors (Lipinski definition) is 1. The zero-order valence-corrected chi connectivity index (χ0v) is 13.2. The Labute approximate surface area is 126 Å². The Kier molecular flexibility index (Phi) is 4.38. The van der Waals surface area contributed by atoms with Crippen molar-refractivity contribution in [3.05, 3.63) is 56.5 Å². The second kappa shape index (κ2) is 5.85. The molecule has 0 saturated heterocycles. The quantitative estimate of drug-likeness (QED) is 0.808. The first-order valence-electron chi connectivity index (χ1n) is 5.91. The maximum absolute atomic E-state index is 5.95. The van der Waals surface area contributed by atoms with Crippen molar-refractivity contribution in [1.82, 2.24) is 0 Å². The minimum atomic E-state index is 0.410. The monoisotopic (exact) mass is 339 g/mol. The summed E-state index contributed by atoms with van der Waals surface area (Å²) in [5.41, 5.74) is 9.77. The van der Waals surface area contributed by atoms with Gasteiger partial charge in [-0.15, -0.1) is 0 Å². The van der Waals surface area contributed by atoms with Crippen LogP contribution in [0.5, 0.6) is 5.75 Å². The molecule has 0 saturated carbocycles. The van der Waals surface area contributed by atoms with E-state index in [-0.39, 0.29) is 0 Å². The van der Waals surface area contributed by atoms with Gasteiger partial charge in [-0.2, -0.15) is 0 Å². The Morgan fingerprint density at radius 3 is 2.42 bits per heavy atom. The van der Waals surface area contributed by atoms with E-state index in [0.717, 1.165) is 26.9 Å². The van der Waals surface area contributed by atoms with E-state index in [9.17, 15) is 0 Å². The zero-order chi connectivity index (χ0) is 14.0. The molecular weight excluding hydrogens is 326 g/mol. The summed E-state index contributed by atoms with van der Waals surface area (Å²) in [5, 5.41) is 0.663. The fraction of sp³-hybridized carbons (Fsp3) is 0.200. The van der Waals surface area contributed by atoms with Gasteiger partial charge in [0, 0.05) is 20.7 Å². The lowest BCUT2D eigenvalue weighted by molar-refractivity contribution is 0.306. The lowest BCUT2D eigenvalue weighted by Gasteiger charge is -2.11. The number of nitrogens with two attached hydrogens (primary N) is 1. The normalized spacial score (nSPS) is 10.5. The van der Waals surface area contributed by atoms with E-state index in [4.69, 9.17) is 22.1 Å². The Bertz CT molecular complexity index is 590. The summed E-state index contributed by atoms with van der Waals surface area (Å²) in [7, 11) is 0. The van der Waals surface area contributed by atoms with Crippen LogP contribution in [0.15, 0.2) is 34.8 Å². The van der Waals surface area contributed by atoms with Crippen molar-refractivity contribution in [1.29, 1.82) is 0 Å². The van der Waals surface area contributed by atoms with Crippen LogP contribution >= 0.6 is 27.5 Å². The number of halogens is 2. The molecule has 0 bridgehead atoms. The van der Waals surface area contributed by atoms with E-state index < -0.39 is 0 Å². The highest BCUT2D eigenvalue weighted by Gasteiger charge is 2.05. The standard InChI is InChI=1S/C15H15BrClNO/c1-9-5-13(6-10(2)15(9)16)19-8-11-7-12(17)3-4-14(11)18/h3-7H,8,18H2,1-2H3. The first kappa shape index (κ1) is 14.2. The van der Waals surface area contributed by atoms with Crippen LogP contribution in [0.2, 0.25) is 5.02 Å². The fourth-order valence-corrected chi connectivity index (χ4v) is 2.27. The minimum absolute atomic E-state index is 0.410. The topological polar surface area (TPSA) is 35.2 Å². The molecule has 0 radical (unpaired) electrons. The van der Waals surface area contributed by atoms with Crippen LogP contribution in [0, 0.1) is 13.8 Å². The van der Waals surface area contributed by atoms with Gasteiger partial charge in [0.1, 0.15) is 12.4 Å². The molecule has 2 nitrogen and oxygen atoms in total. The third-order valence-corrected chi connectivity index (χ3v) is 4.40. The summed E-state index contributed by atoms with van der Waals surface area (Å²) in [4.78, 5) is 0. The van der Waals surface area contributed by atoms with Gasteiger partial charge in [0.25, 0.3) is 0 Å². The van der Waals surface area contributed by atoms with Crippen LogP contribution in [-0.4, -0.2) is 0 Å². The summed E-state index contributed by atoms with van der Waals surface area (Å²) in [6.45, 7) is 4.49. The lowest BCUT2D eigenvalue weighted by atomic mass is 10.1. The number of nitrogen functional groups attached to an aromatic ring is 1. The molecule has 0 aliphatic carbocycles. The largest absolute Gasteiger partial charge is 0.489 e. The molecule has 0 atom stereocenters. The average Bonchev–Trinajstić information content (AvgIpc) is 2.37. The average molecular weight is 341 g/mol. The number of ether oxygens (including phenoxy) is 1. The smallest absolute Gasteiger partial charge is 0.120 e. The Balaban J connectivity index is 2.17. The van der Waals surface area contributed by atoms with Crippen molar-refractivity contribution >= 4 is 33.2 Å². The highest BCUT2D eigenvalue weighted by molar-refractivity contribution is 9.10. The van der Waals surface area contributed by atoms with E-state index in [1.807, 2.05) is 32.0 Å². The molecule has 2 N–H and O–H groups in total. The van der Waals surface area contributed by atoms with E-state index in [0.29, 0.717) is 17.3 Å². The maximum Gasteiger partial charge on any atom is 0.120 e. The van der Waals surface area contributed by atoms with Gasteiger partial charge in [-0.25, -0.2) is 0 Å². The molecule has 0 heterocycles. The first-order chi connectivity index (χ1) is 8.97. The third-order valence-electron chi connectivity index (χ3n) is 2.91. The van der Waals surface area contributed by atoms with E-state index in [1.54, 1.807) is 12.1 Å². The molecule has 0 spiro atoms. The molecule has 4 heteroatoms. The molecular formula is C15H15BrClNO. The summed E-state index contributed by atoms with van der Waals surface area (Å²) < 4.78 is 6.90. The second-order valence-corrected chi connectivity index (χ2v) is 5.73. The first-order valence-corrected chi connectivity index (χ1v) is 7.08. The lowest BCUT2D eigenvalue weighted by Crippen LogP contribution is -2.00. The summed E-state index contributed by atoms with van der Waals surface area (Å²) >= 11 is 9.49. The van der Waals surface area contributed by atoms with Gasteiger partial charge in [-0.3, -0.25) is 0 Å². The van der Waals surface area contributed by atoms with E-state index in [1.165, 1.54) is 0 Å². The molecule has 0 aromatic heterocycles. The number of aryl methyl sites for hydroxylation is 2. The van der Waals surface area contributed by atoms with Gasteiger partial charge in [0.2, 0.25) is 0 Å². The summed E-state index contributed by atoms with van der Waals surface area (Å²) in [5.74, 6) is 0.831. The third kappa shape index (κ3) is 3.43. The van der Waals surface area contributed by atoms with Crippen LogP contribution in [0.3, 0.4) is 0 Å². The van der Waals surface area contributed by atoms with Crippen LogP contribution in [0.4, 0.5) is 5.69 Å². The van der Waals surface area contributed by atoms with E-state index in [2.05, 4.69) is 15.9 Å². The highest BCUT2D eigenvalue weighted by Crippen LogP contribution is 2.27. The van der Waals surface area contributed by atoms with Crippen LogP contribution < -0.4 is 10.5 Å². The predicted octanol–water partition coefficient (Wildman–Crippen LogP) is 4.88. The summed E-state index contributed by atoms with van der Waals surface area (Å²) in [6.07, 6.45) is 0. The van der Waals surface area contributed by atoms with Crippen LogP contribution in [0.1, 0.15) is 16.7 Å². The molecule has 2 aromatic carbocycles. The number of rotatable bonds is 3. The Morgan fingerprint density at radius 2 is 1.79 bits per heavy atom. The zero-order valence-electron chi connectivity index (χ0n) is 10.8. The molecule has 2 rings (SSSR count). The van der Waals surface area contributed by atoms with E-state index >= 15 is 0 Å². The highest BCUT2D eigenvalue weighted by atomic mass is 79.9. The number of hydrogen-bond acceptors (Lipinski definition) is 2. The van der Waals surface area contributed by atoms with Crippen molar-refractivity contribution in [3.8, 4) is 5.75 Å². The molecule has 19 heavy (non-hydrogen) atoms. The minimum Gasteiger partial charge on any atom is -0.489 e. The molecule has 0 aliphatic heterocycles. The molecule has 0 unspecified atom stereocenters. The molecule has 100 valence electrons. The van der Waals surface area contributed by atoms with Gasteiger partial charge in [-0.1, -0.05) is 27.5 Å². The fourth-order valence-electron chi connectivity index (χ4n) is 1.85. The van der Waals surface area contributed by atoms with Gasteiger partial charge in [-0.05, 0) is 55.3 Å². The summed E-state index contributed by atoms with van der Waals surface area (Å²) in [6, 6.07) is 9.39. The molecule has 2 aromatic rings. The second-order valence-electron chi connectivity index (χ2n) is 4.50. The van der Waals surface area contributed by atoms with Crippen molar-refractivity contribution in [3.63, 3.8) is 0 Å². The molecule has 0 aliphatic rings. The maximum atomic E-state index is 5.95. The van der Waals surface area contributed by atoms with Crippen LogP contribution in [0.25, 0.3) is 0 Å². The SMILES string of the molecule is Cc1cc(OCc2cc(Cl)ccc2N)cc(C)c1Br. The van der Waals surface area contributed by atoms with Crippen molar-refractivity contribution < 1.29 is 4.74 Å². The van der Waals surface area contributed by atoms with Crippen molar-refractivity contribution in [2.75, 3.05) is 5.73 Å². The van der Waals surface area contributed by atoms with Gasteiger partial charge in [0.05, 0.1) is 0 Å². The molecule has 0 fully saturated rings. The van der Waals surface area contributed by atoms with Crippen molar-refractivity contribution in [2.24, 2.45) is 0 Å². The number of anilines is 1. The predicted molar refractivity (Wildman–Crippen MR) is 83.8 cm³/mol. The molecule has 0 amide bonds. The van der Waals surface area contributed by atoms with Gasteiger partial charge >= 0.3 is 0 Å². The van der Waals surface area contributed by atoms with Crippen LogP contribution in [-0.2, 0) is 6.61 Å². The number of benzene rings is 2. The Morgan fingerprint density at radius 1 is 1.16 bits per heavy atom. The van der Waals surface area contributed by atoms with Crippen molar-refractivity contribution in [2.45, 2.75) is 20.5 Å². The Hall–Kier alpha value is -1.19. The van der Waals surface area contributed by atoms with Gasteiger partial charge < -0.3 is 10.5 Å². The van der Waals surface area contributed by atoms with Gasteiger partial charge in [0.15, 0.2) is 0 Å².